The van der Waals surface area contributed by atoms with Crippen molar-refractivity contribution in [1.29, 1.82) is 0 Å². The maximum Gasteiger partial charge on any atom is 0.323 e. The zero-order valence-corrected chi connectivity index (χ0v) is 18.9. The van der Waals surface area contributed by atoms with Crippen molar-refractivity contribution in [2.75, 3.05) is 17.7 Å². The van der Waals surface area contributed by atoms with E-state index in [9.17, 15) is 18.0 Å². The molecule has 33 heavy (non-hydrogen) atoms. The van der Waals surface area contributed by atoms with Gasteiger partial charge in [0.15, 0.2) is 0 Å². The number of rotatable bonds is 8. The summed E-state index contributed by atoms with van der Waals surface area (Å²) >= 11 is 0. The third-order valence-electron chi connectivity index (χ3n) is 4.53. The van der Waals surface area contributed by atoms with Crippen LogP contribution in [0.15, 0.2) is 77.7 Å². The number of urea groups is 1. The Kier molecular flexibility index (Phi) is 7.78. The number of hydrogen-bond acceptors (Lipinski definition) is 5. The highest BCUT2D eigenvalue weighted by Gasteiger charge is 2.14. The van der Waals surface area contributed by atoms with Crippen LogP contribution in [0.3, 0.4) is 0 Å². The van der Waals surface area contributed by atoms with E-state index in [4.69, 9.17) is 0 Å². The molecule has 0 saturated carbocycles. The van der Waals surface area contributed by atoms with E-state index in [0.717, 1.165) is 11.1 Å². The number of nitrogens with one attached hydrogen (secondary N) is 4. The van der Waals surface area contributed by atoms with E-state index in [1.54, 1.807) is 24.3 Å². The number of anilines is 2. The largest absolute Gasteiger partial charge is 0.348 e. The van der Waals surface area contributed by atoms with Crippen molar-refractivity contribution in [2.45, 2.75) is 18.4 Å². The first-order chi connectivity index (χ1) is 15.8. The summed E-state index contributed by atoms with van der Waals surface area (Å²) in [6.45, 7) is 2.16. The van der Waals surface area contributed by atoms with Gasteiger partial charge in [0.05, 0.1) is 12.0 Å². The van der Waals surface area contributed by atoms with Crippen molar-refractivity contribution < 1.29 is 22.8 Å². The molecule has 4 N–H and O–H groups in total. The first-order valence-electron chi connectivity index (χ1n) is 9.93. The summed E-state index contributed by atoms with van der Waals surface area (Å²) in [5.74, 6) is -0.366. The highest BCUT2D eigenvalue weighted by Crippen LogP contribution is 2.14. The molecule has 3 rings (SSSR count). The highest BCUT2D eigenvalue weighted by atomic mass is 32.2. The molecule has 3 amide bonds. The molecule has 0 bridgehead atoms. The van der Waals surface area contributed by atoms with Crippen LogP contribution in [-0.2, 0) is 21.4 Å². The summed E-state index contributed by atoms with van der Waals surface area (Å²) in [4.78, 5) is 31.0. The Morgan fingerprint density at radius 2 is 1.52 bits per heavy atom. The van der Waals surface area contributed by atoms with Crippen LogP contribution in [0.4, 0.5) is 16.2 Å². The van der Waals surface area contributed by atoms with Crippen LogP contribution < -0.4 is 20.8 Å². The minimum atomic E-state index is -3.79. The predicted molar refractivity (Wildman–Crippen MR) is 125 cm³/mol. The summed E-state index contributed by atoms with van der Waals surface area (Å²) in [6.07, 6.45) is 0. The van der Waals surface area contributed by atoms with E-state index in [1.807, 2.05) is 36.1 Å². The van der Waals surface area contributed by atoms with E-state index >= 15 is 0 Å². The molecule has 0 spiro atoms. The van der Waals surface area contributed by atoms with Crippen LogP contribution in [-0.4, -0.2) is 27.5 Å². The van der Waals surface area contributed by atoms with Crippen LogP contribution in [0.5, 0.6) is 0 Å². The standard InChI is InChI=1S/C23H24N4O5S/c1-16-5-3-7-19(13-16)25-23(29)26-20-8-4-6-17(14-20)15-24-22(28)18-9-11-21(12-10-18)33(30,31)27-32-2/h3-14,27H,15H2,1-2H3,(H,24,28)(H2,25,26,29). The van der Waals surface area contributed by atoms with Crippen molar-refractivity contribution in [3.8, 4) is 0 Å². The number of carbonyl (C=O) groups excluding carboxylic acids is 2. The molecule has 0 unspecified atom stereocenters. The number of hydrogen-bond donors (Lipinski definition) is 4. The van der Waals surface area contributed by atoms with Crippen LogP contribution >= 0.6 is 0 Å². The minimum Gasteiger partial charge on any atom is -0.348 e. The number of sulfonamides is 1. The summed E-state index contributed by atoms with van der Waals surface area (Å²) in [5.41, 5.74) is 3.38. The lowest BCUT2D eigenvalue weighted by Gasteiger charge is -2.10. The summed E-state index contributed by atoms with van der Waals surface area (Å²) in [5, 5.41) is 8.30. The van der Waals surface area contributed by atoms with Gasteiger partial charge in [-0.2, -0.15) is 0 Å². The lowest BCUT2D eigenvalue weighted by Crippen LogP contribution is -2.24. The van der Waals surface area contributed by atoms with E-state index < -0.39 is 10.0 Å². The van der Waals surface area contributed by atoms with Crippen LogP contribution in [0.25, 0.3) is 0 Å². The monoisotopic (exact) mass is 468 g/mol. The average molecular weight is 469 g/mol. The zero-order chi connectivity index (χ0) is 23.8. The van der Waals surface area contributed by atoms with E-state index in [2.05, 4.69) is 20.8 Å². The highest BCUT2D eigenvalue weighted by molar-refractivity contribution is 7.89. The number of benzene rings is 3. The summed E-state index contributed by atoms with van der Waals surface area (Å²) in [6, 6.07) is 19.6. The summed E-state index contributed by atoms with van der Waals surface area (Å²) < 4.78 is 23.8. The quantitative estimate of drug-likeness (QED) is 0.377. The number of amides is 3. The number of carbonyl (C=O) groups is 2. The molecule has 0 saturated heterocycles. The van der Waals surface area contributed by atoms with Gasteiger partial charge in [0.2, 0.25) is 0 Å². The Morgan fingerprint density at radius 1 is 0.879 bits per heavy atom. The van der Waals surface area contributed by atoms with Gasteiger partial charge in [0.1, 0.15) is 0 Å². The molecule has 0 aromatic heterocycles. The SMILES string of the molecule is CONS(=O)(=O)c1ccc(C(=O)NCc2cccc(NC(=O)Nc3cccc(C)c3)c2)cc1. The molecule has 0 atom stereocenters. The Morgan fingerprint density at radius 3 is 2.15 bits per heavy atom. The van der Waals surface area contributed by atoms with Crippen LogP contribution in [0, 0.1) is 6.92 Å². The second-order valence-electron chi connectivity index (χ2n) is 7.15. The molecule has 0 aliphatic heterocycles. The van der Waals surface area contributed by atoms with Gasteiger partial charge in [-0.1, -0.05) is 29.2 Å². The zero-order valence-electron chi connectivity index (χ0n) is 18.1. The van der Waals surface area contributed by atoms with Crippen LogP contribution in [0.1, 0.15) is 21.5 Å². The van der Waals surface area contributed by atoms with E-state index in [0.29, 0.717) is 16.9 Å². The van der Waals surface area contributed by atoms with Gasteiger partial charge in [0.25, 0.3) is 15.9 Å². The maximum absolute atomic E-state index is 12.4. The fourth-order valence-electron chi connectivity index (χ4n) is 3.00. The van der Waals surface area contributed by atoms with Gasteiger partial charge in [-0.25, -0.2) is 13.2 Å². The second kappa shape index (κ2) is 10.7. The lowest BCUT2D eigenvalue weighted by atomic mass is 10.1. The summed E-state index contributed by atoms with van der Waals surface area (Å²) in [7, 11) is -2.59. The topological polar surface area (TPSA) is 126 Å². The van der Waals surface area contributed by atoms with Gasteiger partial charge < -0.3 is 16.0 Å². The van der Waals surface area contributed by atoms with Crippen molar-refractivity contribution in [1.82, 2.24) is 10.2 Å². The first-order valence-corrected chi connectivity index (χ1v) is 11.4. The van der Waals surface area contributed by atoms with Crippen molar-refractivity contribution in [3.63, 3.8) is 0 Å². The first kappa shape index (κ1) is 23.9. The molecule has 0 heterocycles. The van der Waals surface area contributed by atoms with Gasteiger partial charge in [0, 0.05) is 23.5 Å². The normalized spacial score (nSPS) is 11.0. The Hall–Kier alpha value is -3.73. The Labute approximate surface area is 192 Å². The second-order valence-corrected chi connectivity index (χ2v) is 8.79. The van der Waals surface area contributed by atoms with E-state index in [1.165, 1.54) is 31.4 Å². The van der Waals surface area contributed by atoms with Crippen molar-refractivity contribution in [3.05, 3.63) is 89.5 Å². The minimum absolute atomic E-state index is 0.0244. The molecule has 10 heteroatoms. The van der Waals surface area contributed by atoms with Crippen molar-refractivity contribution in [2.24, 2.45) is 0 Å². The molecule has 3 aromatic carbocycles. The molecule has 0 aliphatic rings. The fraction of sp³-hybridized carbons (Fsp3) is 0.130. The predicted octanol–water partition coefficient (Wildman–Crippen LogP) is 3.41. The number of aryl methyl sites for hydroxylation is 1. The smallest absolute Gasteiger partial charge is 0.323 e. The molecule has 0 fully saturated rings. The average Bonchev–Trinajstić information content (AvgIpc) is 2.78. The third-order valence-corrected chi connectivity index (χ3v) is 5.81. The van der Waals surface area contributed by atoms with Gasteiger partial charge in [-0.05, 0) is 66.6 Å². The van der Waals surface area contributed by atoms with Crippen LogP contribution in [0.2, 0.25) is 0 Å². The molecule has 0 radical (unpaired) electrons. The van der Waals surface area contributed by atoms with E-state index in [-0.39, 0.29) is 23.4 Å². The molecule has 172 valence electrons. The maximum atomic E-state index is 12.4. The fourth-order valence-corrected chi connectivity index (χ4v) is 3.81. The lowest BCUT2D eigenvalue weighted by molar-refractivity contribution is 0.0950. The van der Waals surface area contributed by atoms with Gasteiger partial charge >= 0.3 is 6.03 Å². The van der Waals surface area contributed by atoms with Gasteiger partial charge in [-0.3, -0.25) is 9.63 Å². The Balaban J connectivity index is 1.57. The molecular weight excluding hydrogens is 444 g/mol. The molecule has 3 aromatic rings. The third kappa shape index (κ3) is 6.88. The molecule has 0 aliphatic carbocycles. The van der Waals surface area contributed by atoms with Gasteiger partial charge in [-0.15, -0.1) is 0 Å². The van der Waals surface area contributed by atoms with Crippen molar-refractivity contribution >= 4 is 33.3 Å². The Bertz CT molecular complexity index is 1240. The molecule has 9 nitrogen and oxygen atoms in total. The molecular formula is C23H24N4O5S.